The summed E-state index contributed by atoms with van der Waals surface area (Å²) in [7, 11) is 0. The van der Waals surface area contributed by atoms with E-state index < -0.39 is 0 Å². The van der Waals surface area contributed by atoms with Crippen molar-refractivity contribution in [1.82, 2.24) is 0 Å². The lowest BCUT2D eigenvalue weighted by molar-refractivity contribution is 0.331. The summed E-state index contributed by atoms with van der Waals surface area (Å²) in [6.07, 6.45) is 5.87. The normalized spacial score (nSPS) is 10.4. The van der Waals surface area contributed by atoms with Crippen LogP contribution in [0.5, 0.6) is 5.75 Å². The molecule has 0 aromatic heterocycles. The Hall–Kier alpha value is 0.0700. The summed E-state index contributed by atoms with van der Waals surface area (Å²) in [6, 6.07) is 3.92. The summed E-state index contributed by atoms with van der Waals surface area (Å²) in [5.41, 5.74) is 0. The van der Waals surface area contributed by atoms with Gasteiger partial charge in [0.2, 0.25) is 5.75 Å². The third-order valence-electron chi connectivity index (χ3n) is 1.68. The Kier molecular flexibility index (Phi) is 4.35. The second-order valence-corrected chi connectivity index (χ2v) is 4.85. The van der Waals surface area contributed by atoms with Crippen molar-refractivity contribution in [3.05, 3.63) is 12.1 Å². The summed E-state index contributed by atoms with van der Waals surface area (Å²) in [6.45, 7) is 0. The Labute approximate surface area is 91.7 Å². The quantitative estimate of drug-likeness (QED) is 0.733. The molecular weight excluding hydrogens is 220 g/mol. The van der Waals surface area contributed by atoms with Crippen molar-refractivity contribution in [1.29, 1.82) is 0 Å². The monoisotopic (exact) mass is 231 g/mol. The van der Waals surface area contributed by atoms with E-state index in [4.69, 9.17) is 0 Å². The van der Waals surface area contributed by atoms with E-state index in [2.05, 4.69) is 0 Å². The smallest absolute Gasteiger partial charge is 0.206 e. The average molecular weight is 231 g/mol. The van der Waals surface area contributed by atoms with Gasteiger partial charge in [-0.25, -0.2) is 0 Å². The fraction of sp³-hybridized carbons (Fsp3) is 0.333. The zero-order valence-electron chi connectivity index (χ0n) is 7.79. The molecular formula is C9H11OS3. The highest BCUT2D eigenvalue weighted by Crippen LogP contribution is 2.41. The van der Waals surface area contributed by atoms with E-state index in [-0.39, 0.29) is 5.75 Å². The number of benzene rings is 1. The van der Waals surface area contributed by atoms with Gasteiger partial charge in [0.15, 0.2) is 0 Å². The van der Waals surface area contributed by atoms with Gasteiger partial charge in [-0.1, -0.05) is 0 Å². The highest BCUT2D eigenvalue weighted by molar-refractivity contribution is 8.01. The van der Waals surface area contributed by atoms with Crippen LogP contribution in [0.25, 0.3) is 0 Å². The van der Waals surface area contributed by atoms with Crippen LogP contribution in [-0.2, 0) is 5.11 Å². The Morgan fingerprint density at radius 2 is 1.46 bits per heavy atom. The number of thioether (sulfide) groups is 3. The van der Waals surface area contributed by atoms with Crippen LogP contribution in [0.15, 0.2) is 26.8 Å². The van der Waals surface area contributed by atoms with Gasteiger partial charge in [0.25, 0.3) is 0 Å². The van der Waals surface area contributed by atoms with Gasteiger partial charge in [0.05, 0.1) is 9.79 Å². The van der Waals surface area contributed by atoms with Crippen molar-refractivity contribution in [2.24, 2.45) is 0 Å². The zero-order chi connectivity index (χ0) is 9.84. The molecule has 0 fully saturated rings. The maximum Gasteiger partial charge on any atom is 0.206 e. The maximum atomic E-state index is 11.8. The standard InChI is InChI=1S/C9H11OS3/c1-11-6-4-5-7(12-2)9(13-3)8(6)10/h4-5H,1-3H3. The Morgan fingerprint density at radius 1 is 0.923 bits per heavy atom. The molecule has 0 spiro atoms. The first-order chi connectivity index (χ1) is 6.24. The van der Waals surface area contributed by atoms with Crippen LogP contribution in [-0.4, -0.2) is 18.8 Å². The van der Waals surface area contributed by atoms with Crippen LogP contribution in [0.4, 0.5) is 0 Å². The summed E-state index contributed by atoms with van der Waals surface area (Å²) in [5.74, 6) is 0.173. The molecule has 0 saturated heterocycles. The Balaban J connectivity index is 3.23. The minimum atomic E-state index is 0.173. The van der Waals surface area contributed by atoms with E-state index in [1.807, 2.05) is 30.9 Å². The van der Waals surface area contributed by atoms with Gasteiger partial charge in [-0.15, -0.1) is 35.3 Å². The number of rotatable bonds is 3. The summed E-state index contributed by atoms with van der Waals surface area (Å²) in [4.78, 5) is 2.79. The molecule has 0 aliphatic heterocycles. The van der Waals surface area contributed by atoms with E-state index in [9.17, 15) is 5.11 Å². The second-order valence-electron chi connectivity index (χ2n) is 2.33. The van der Waals surface area contributed by atoms with Crippen LogP contribution >= 0.6 is 35.3 Å². The first kappa shape index (κ1) is 11.1. The molecule has 1 nitrogen and oxygen atoms in total. The lowest BCUT2D eigenvalue weighted by atomic mass is 10.3. The maximum absolute atomic E-state index is 11.8. The molecule has 1 radical (unpaired) electrons. The van der Waals surface area contributed by atoms with E-state index in [0.717, 1.165) is 14.7 Å². The van der Waals surface area contributed by atoms with E-state index in [1.54, 1.807) is 11.8 Å². The highest BCUT2D eigenvalue weighted by Gasteiger charge is 2.12. The van der Waals surface area contributed by atoms with Gasteiger partial charge in [0, 0.05) is 4.90 Å². The molecule has 1 rings (SSSR count). The Bertz CT molecular complexity index is 299. The molecule has 0 saturated carbocycles. The lowest BCUT2D eigenvalue weighted by Crippen LogP contribution is -1.80. The summed E-state index contributed by atoms with van der Waals surface area (Å²) < 4.78 is 0. The van der Waals surface area contributed by atoms with Crippen LogP contribution < -0.4 is 0 Å². The molecule has 71 valence electrons. The number of hydrogen-bond donors (Lipinski definition) is 0. The molecule has 13 heavy (non-hydrogen) atoms. The van der Waals surface area contributed by atoms with Crippen LogP contribution in [0.2, 0.25) is 0 Å². The van der Waals surface area contributed by atoms with Crippen molar-refractivity contribution < 1.29 is 5.11 Å². The molecule has 0 atom stereocenters. The van der Waals surface area contributed by atoms with E-state index in [0.29, 0.717) is 0 Å². The molecule has 4 heteroatoms. The van der Waals surface area contributed by atoms with Crippen LogP contribution in [0, 0.1) is 0 Å². The summed E-state index contributed by atoms with van der Waals surface area (Å²) in [5, 5.41) is 11.8. The van der Waals surface area contributed by atoms with Gasteiger partial charge in [-0.3, -0.25) is 5.11 Å². The van der Waals surface area contributed by atoms with E-state index in [1.165, 1.54) is 23.5 Å². The third-order valence-corrected chi connectivity index (χ3v) is 4.17. The third kappa shape index (κ3) is 2.30. The van der Waals surface area contributed by atoms with Gasteiger partial charge >= 0.3 is 0 Å². The van der Waals surface area contributed by atoms with Crippen molar-refractivity contribution in [2.45, 2.75) is 14.7 Å². The lowest BCUT2D eigenvalue weighted by Gasteiger charge is -2.07. The highest BCUT2D eigenvalue weighted by atomic mass is 32.2. The zero-order valence-corrected chi connectivity index (χ0v) is 10.2. The van der Waals surface area contributed by atoms with Gasteiger partial charge in [-0.05, 0) is 30.9 Å². The van der Waals surface area contributed by atoms with Gasteiger partial charge < -0.3 is 0 Å². The molecule has 1 aromatic rings. The van der Waals surface area contributed by atoms with Crippen LogP contribution in [0.1, 0.15) is 0 Å². The van der Waals surface area contributed by atoms with E-state index >= 15 is 0 Å². The topological polar surface area (TPSA) is 19.9 Å². The van der Waals surface area contributed by atoms with Crippen molar-refractivity contribution in [3.8, 4) is 5.75 Å². The molecule has 0 aliphatic carbocycles. The second kappa shape index (κ2) is 5.08. The molecule has 0 unspecified atom stereocenters. The predicted molar refractivity (Wildman–Crippen MR) is 61.9 cm³/mol. The average Bonchev–Trinajstić information content (AvgIpc) is 2.17. The SMILES string of the molecule is CSc1ccc(SC)c(SC)c1[O]. The summed E-state index contributed by atoms with van der Waals surface area (Å²) >= 11 is 4.66. The van der Waals surface area contributed by atoms with Gasteiger partial charge in [0.1, 0.15) is 0 Å². The first-order valence-electron chi connectivity index (χ1n) is 3.70. The minimum Gasteiger partial charge on any atom is -0.287 e. The minimum absolute atomic E-state index is 0.173. The predicted octanol–water partition coefficient (Wildman–Crippen LogP) is 4.00. The Morgan fingerprint density at radius 3 is 1.92 bits per heavy atom. The van der Waals surface area contributed by atoms with Crippen LogP contribution in [0.3, 0.4) is 0 Å². The fourth-order valence-corrected chi connectivity index (χ4v) is 3.14. The fourth-order valence-electron chi connectivity index (χ4n) is 1.04. The van der Waals surface area contributed by atoms with Crippen molar-refractivity contribution >= 4 is 35.3 Å². The molecule has 1 aromatic carbocycles. The van der Waals surface area contributed by atoms with Crippen molar-refractivity contribution in [2.75, 3.05) is 18.8 Å². The van der Waals surface area contributed by atoms with Crippen molar-refractivity contribution in [3.63, 3.8) is 0 Å². The molecule has 0 amide bonds. The molecule has 0 bridgehead atoms. The largest absolute Gasteiger partial charge is 0.287 e. The molecule has 0 N–H and O–H groups in total. The molecule has 0 heterocycles. The first-order valence-corrected chi connectivity index (χ1v) is 7.38. The number of hydrogen-bond acceptors (Lipinski definition) is 3. The van der Waals surface area contributed by atoms with Gasteiger partial charge in [-0.2, -0.15) is 0 Å². The molecule has 0 aliphatic rings.